The van der Waals surface area contributed by atoms with Crippen molar-refractivity contribution in [1.29, 1.82) is 0 Å². The van der Waals surface area contributed by atoms with Crippen LogP contribution in [-0.4, -0.2) is 38.5 Å². The molecule has 2 aromatic rings. The number of carbonyl (C=O) groups is 1. The summed E-state index contributed by atoms with van der Waals surface area (Å²) in [5, 5.41) is 0. The van der Waals surface area contributed by atoms with Crippen molar-refractivity contribution in [2.75, 3.05) is 20.3 Å². The Balaban J connectivity index is 1.73. The highest BCUT2D eigenvalue weighted by atomic mass is 16.7. The van der Waals surface area contributed by atoms with Gasteiger partial charge in [-0.15, -0.1) is 0 Å². The zero-order valence-corrected chi connectivity index (χ0v) is 14.6. The van der Waals surface area contributed by atoms with E-state index in [4.69, 9.17) is 14.2 Å². The summed E-state index contributed by atoms with van der Waals surface area (Å²) in [7, 11) is 1.75. The van der Waals surface area contributed by atoms with Crippen molar-refractivity contribution in [2.24, 2.45) is 11.8 Å². The van der Waals surface area contributed by atoms with Gasteiger partial charge >= 0.3 is 0 Å². The molecular weight excluding hydrogens is 328 g/mol. The molecule has 3 aliphatic carbocycles. The molecule has 4 bridgehead atoms. The number of hydrogen-bond donors (Lipinski definition) is 0. The monoisotopic (exact) mass is 348 g/mol. The van der Waals surface area contributed by atoms with E-state index in [2.05, 4.69) is 48.5 Å². The molecule has 0 amide bonds. The molecule has 2 fully saturated rings. The van der Waals surface area contributed by atoms with Crippen molar-refractivity contribution in [3.05, 3.63) is 70.8 Å². The molecule has 2 heterocycles. The van der Waals surface area contributed by atoms with Crippen LogP contribution >= 0.6 is 0 Å². The number of hydrogen-bond acceptors (Lipinski definition) is 4. The van der Waals surface area contributed by atoms with Gasteiger partial charge in [-0.1, -0.05) is 48.5 Å². The van der Waals surface area contributed by atoms with Crippen molar-refractivity contribution in [3.63, 3.8) is 0 Å². The second-order valence-electron chi connectivity index (χ2n) is 7.85. The fourth-order valence-electron chi connectivity index (χ4n) is 6.20. The predicted molar refractivity (Wildman–Crippen MR) is 94.0 cm³/mol. The summed E-state index contributed by atoms with van der Waals surface area (Å²) >= 11 is 0. The molecule has 7 rings (SSSR count). The van der Waals surface area contributed by atoms with E-state index >= 15 is 0 Å². The molecule has 132 valence electrons. The highest BCUT2D eigenvalue weighted by molar-refractivity contribution is 5.89. The van der Waals surface area contributed by atoms with E-state index in [1.807, 2.05) is 0 Å². The van der Waals surface area contributed by atoms with Gasteiger partial charge < -0.3 is 14.2 Å². The van der Waals surface area contributed by atoms with Gasteiger partial charge in [0.15, 0.2) is 5.78 Å². The molecule has 5 aliphatic rings. The second-order valence-corrected chi connectivity index (χ2v) is 7.85. The third kappa shape index (κ3) is 1.55. The van der Waals surface area contributed by atoms with Crippen LogP contribution in [0.2, 0.25) is 0 Å². The Labute approximate surface area is 152 Å². The molecular formula is C22H20O4. The van der Waals surface area contributed by atoms with Gasteiger partial charge in [0.2, 0.25) is 6.29 Å². The fraction of sp³-hybridized carbons (Fsp3) is 0.409. The van der Waals surface area contributed by atoms with E-state index in [-0.39, 0.29) is 35.1 Å². The molecule has 0 aromatic heterocycles. The van der Waals surface area contributed by atoms with Crippen LogP contribution in [0.1, 0.15) is 28.2 Å². The van der Waals surface area contributed by atoms with Gasteiger partial charge in [-0.05, 0) is 22.3 Å². The molecule has 4 heteroatoms. The normalized spacial score (nSPS) is 38.7. The molecule has 2 aliphatic heterocycles. The first kappa shape index (κ1) is 15.1. The quantitative estimate of drug-likeness (QED) is 0.837. The Kier molecular flexibility index (Phi) is 2.92. The van der Waals surface area contributed by atoms with Gasteiger partial charge in [0.25, 0.3) is 0 Å². The lowest BCUT2D eigenvalue weighted by Gasteiger charge is -2.59. The Hall–Kier alpha value is -2.01. The summed E-state index contributed by atoms with van der Waals surface area (Å²) in [5.74, 6) is 0.108. The molecule has 0 saturated carbocycles. The molecule has 26 heavy (non-hydrogen) atoms. The summed E-state index contributed by atoms with van der Waals surface area (Å²) in [6.45, 7) is 1.02. The van der Waals surface area contributed by atoms with Gasteiger partial charge in [0.1, 0.15) is 0 Å². The fourth-order valence-corrected chi connectivity index (χ4v) is 6.20. The van der Waals surface area contributed by atoms with Crippen LogP contribution in [0.5, 0.6) is 0 Å². The lowest BCUT2D eigenvalue weighted by molar-refractivity contribution is -0.174. The maximum Gasteiger partial charge on any atom is 0.218 e. The van der Waals surface area contributed by atoms with Gasteiger partial charge in [0.05, 0.1) is 24.7 Å². The third-order valence-electron chi connectivity index (χ3n) is 6.91. The highest BCUT2D eigenvalue weighted by Gasteiger charge is 2.67. The number of rotatable bonds is 2. The Bertz CT molecular complexity index is 872. The number of carbonyl (C=O) groups excluding carboxylic acids is 1. The average Bonchev–Trinajstić information content (AvgIpc) is 3.12. The van der Waals surface area contributed by atoms with Crippen molar-refractivity contribution in [2.45, 2.75) is 23.7 Å². The zero-order valence-electron chi connectivity index (χ0n) is 14.6. The maximum atomic E-state index is 13.3. The average molecular weight is 348 g/mol. The minimum atomic E-state index is -0.695. The van der Waals surface area contributed by atoms with Crippen LogP contribution in [0.15, 0.2) is 48.5 Å². The second kappa shape index (κ2) is 5.03. The van der Waals surface area contributed by atoms with E-state index < -0.39 is 6.29 Å². The van der Waals surface area contributed by atoms with Crippen LogP contribution in [-0.2, 0) is 24.4 Å². The van der Waals surface area contributed by atoms with E-state index in [0.717, 1.165) is 0 Å². The van der Waals surface area contributed by atoms with E-state index in [9.17, 15) is 4.79 Å². The summed E-state index contributed by atoms with van der Waals surface area (Å²) < 4.78 is 17.5. The number of fused-ring (bicyclic) bond motifs is 2. The topological polar surface area (TPSA) is 44.8 Å². The molecule has 0 spiro atoms. The van der Waals surface area contributed by atoms with Gasteiger partial charge in [-0.2, -0.15) is 0 Å². The van der Waals surface area contributed by atoms with Crippen LogP contribution in [0.3, 0.4) is 0 Å². The Morgan fingerprint density at radius 1 is 1.08 bits per heavy atom. The van der Waals surface area contributed by atoms with Crippen molar-refractivity contribution < 1.29 is 19.0 Å². The Morgan fingerprint density at radius 3 is 2.38 bits per heavy atom. The Morgan fingerprint density at radius 2 is 1.73 bits per heavy atom. The number of ketones is 1. The van der Waals surface area contributed by atoms with E-state index in [0.29, 0.717) is 13.2 Å². The van der Waals surface area contributed by atoms with Crippen LogP contribution < -0.4 is 0 Å². The molecule has 4 atom stereocenters. The van der Waals surface area contributed by atoms with Gasteiger partial charge in [0, 0.05) is 24.9 Å². The van der Waals surface area contributed by atoms with Crippen LogP contribution in [0.4, 0.5) is 0 Å². The minimum absolute atomic E-state index is 0.0449. The first-order chi connectivity index (χ1) is 12.8. The maximum absolute atomic E-state index is 13.3. The number of Topliss-reactive ketones (excluding diaryl/α,β-unsaturated/α-hetero) is 1. The lowest BCUT2D eigenvalue weighted by atomic mass is 9.45. The largest absolute Gasteiger partial charge is 0.383 e. The number of ether oxygens (including phenoxy) is 3. The molecule has 2 unspecified atom stereocenters. The molecule has 0 N–H and O–H groups in total. The predicted octanol–water partition coefficient (Wildman–Crippen LogP) is 2.63. The van der Waals surface area contributed by atoms with Crippen LogP contribution in [0.25, 0.3) is 0 Å². The third-order valence-corrected chi connectivity index (χ3v) is 6.91. The SMILES string of the molecule is COCC12c3ccccc3C(c3ccccc31)[C@H]1C(=O)C3OCC(O3)[C@H]12. The summed E-state index contributed by atoms with van der Waals surface area (Å²) in [6, 6.07) is 17.1. The summed E-state index contributed by atoms with van der Waals surface area (Å²) in [5.41, 5.74) is 4.72. The first-order valence-corrected chi connectivity index (χ1v) is 9.26. The van der Waals surface area contributed by atoms with Crippen LogP contribution in [0, 0.1) is 11.8 Å². The molecule has 2 aromatic carbocycles. The van der Waals surface area contributed by atoms with Gasteiger partial charge in [-0.3, -0.25) is 4.79 Å². The smallest absolute Gasteiger partial charge is 0.218 e. The van der Waals surface area contributed by atoms with Crippen molar-refractivity contribution in [3.8, 4) is 0 Å². The minimum Gasteiger partial charge on any atom is -0.383 e. The zero-order chi connectivity index (χ0) is 17.5. The highest BCUT2D eigenvalue weighted by Crippen LogP contribution is 2.64. The molecule has 0 radical (unpaired) electrons. The lowest BCUT2D eigenvalue weighted by Crippen LogP contribution is -2.63. The number of methoxy groups -OCH3 is 1. The summed E-state index contributed by atoms with van der Waals surface area (Å²) in [6.07, 6.45) is -0.762. The molecule has 2 saturated heterocycles. The van der Waals surface area contributed by atoms with Crippen molar-refractivity contribution in [1.82, 2.24) is 0 Å². The standard InChI is InChI=1S/C22H20O4/c1-24-11-22-14-8-4-2-6-12(14)17(13-7-3-5-9-15(13)22)18-19(22)16-10-25-21(26-16)20(18)23/h2-9,16-19,21H,10-11H2,1H3/t16?,17?,18-,19-,21?,22?/m1/s1. The van der Waals surface area contributed by atoms with Gasteiger partial charge in [-0.25, -0.2) is 0 Å². The van der Waals surface area contributed by atoms with E-state index in [1.165, 1.54) is 22.3 Å². The molecule has 4 nitrogen and oxygen atoms in total. The first-order valence-electron chi connectivity index (χ1n) is 9.26. The number of benzene rings is 2. The van der Waals surface area contributed by atoms with Crippen molar-refractivity contribution >= 4 is 5.78 Å². The summed E-state index contributed by atoms with van der Waals surface area (Å²) in [4.78, 5) is 13.3. The van der Waals surface area contributed by atoms with E-state index in [1.54, 1.807) is 7.11 Å².